The number of fused-ring (bicyclic) bond motifs is 1. The van der Waals surface area contributed by atoms with Crippen molar-refractivity contribution in [2.45, 2.75) is 20.3 Å². The smallest absolute Gasteiger partial charge is 0.211 e. The van der Waals surface area contributed by atoms with Crippen LogP contribution in [-0.4, -0.2) is 12.1 Å². The highest BCUT2D eigenvalue weighted by Crippen LogP contribution is 2.25. The van der Waals surface area contributed by atoms with Gasteiger partial charge in [0.2, 0.25) is 6.41 Å². The molecule has 4 nitrogen and oxygen atoms in total. The number of benzene rings is 2. The van der Waals surface area contributed by atoms with Crippen LogP contribution in [0.4, 0.5) is 15.8 Å². The van der Waals surface area contributed by atoms with Crippen LogP contribution in [0.1, 0.15) is 25.0 Å². The standard InChI is InChI=1S/C15H12FN3O.C2H6/c16-12-3-1-10(2-4-12)15-8-11-7-13(17-9-20)5-6-14(11)18-19-15;1-2/h1-7,9,18H,8H2,(H,17,20);1-2H3. The second kappa shape index (κ2) is 7.36. The molecule has 0 radical (unpaired) electrons. The SMILES string of the molecule is CC.O=CNc1ccc2c(c1)CC(c1ccc(F)cc1)=NN2. The van der Waals surface area contributed by atoms with Gasteiger partial charge in [0.15, 0.2) is 0 Å². The van der Waals surface area contributed by atoms with Crippen LogP contribution in [0.25, 0.3) is 0 Å². The maximum Gasteiger partial charge on any atom is 0.211 e. The van der Waals surface area contributed by atoms with Gasteiger partial charge in [0.25, 0.3) is 0 Å². The normalized spacial score (nSPS) is 12.0. The van der Waals surface area contributed by atoms with E-state index in [0.29, 0.717) is 12.8 Å². The van der Waals surface area contributed by atoms with Crippen molar-refractivity contribution in [3.63, 3.8) is 0 Å². The molecule has 0 bridgehead atoms. The highest BCUT2D eigenvalue weighted by atomic mass is 19.1. The number of hydrogen-bond donors (Lipinski definition) is 2. The van der Waals surface area contributed by atoms with Gasteiger partial charge in [0, 0.05) is 12.1 Å². The summed E-state index contributed by atoms with van der Waals surface area (Å²) in [4.78, 5) is 10.5. The number of nitrogens with zero attached hydrogens (tertiary/aromatic N) is 1. The number of rotatable bonds is 3. The van der Waals surface area contributed by atoms with Crippen LogP contribution in [0, 0.1) is 5.82 Å². The van der Waals surface area contributed by atoms with Crippen molar-refractivity contribution in [3.8, 4) is 0 Å². The Hall–Kier alpha value is -2.69. The number of nitrogens with one attached hydrogen (secondary N) is 2. The molecule has 0 aromatic heterocycles. The number of halogens is 1. The van der Waals surface area contributed by atoms with E-state index >= 15 is 0 Å². The first-order chi connectivity index (χ1) is 10.8. The fourth-order valence-corrected chi connectivity index (χ4v) is 2.16. The van der Waals surface area contributed by atoms with Gasteiger partial charge in [-0.2, -0.15) is 5.10 Å². The summed E-state index contributed by atoms with van der Waals surface area (Å²) in [6, 6.07) is 11.8. The summed E-state index contributed by atoms with van der Waals surface area (Å²) >= 11 is 0. The van der Waals surface area contributed by atoms with Crippen molar-refractivity contribution in [1.29, 1.82) is 0 Å². The Balaban J connectivity index is 0.000000847. The molecule has 0 spiro atoms. The average Bonchev–Trinajstić information content (AvgIpc) is 2.57. The maximum absolute atomic E-state index is 12.9. The monoisotopic (exact) mass is 299 g/mol. The van der Waals surface area contributed by atoms with Crippen LogP contribution >= 0.6 is 0 Å². The van der Waals surface area contributed by atoms with Gasteiger partial charge in [0.05, 0.1) is 11.4 Å². The minimum Gasteiger partial charge on any atom is -0.329 e. The van der Waals surface area contributed by atoms with E-state index in [1.807, 2.05) is 26.0 Å². The topological polar surface area (TPSA) is 53.5 Å². The van der Waals surface area contributed by atoms with Gasteiger partial charge in [0.1, 0.15) is 5.82 Å². The van der Waals surface area contributed by atoms with Crippen molar-refractivity contribution in [3.05, 3.63) is 59.4 Å². The van der Waals surface area contributed by atoms with Crippen molar-refractivity contribution in [1.82, 2.24) is 0 Å². The van der Waals surface area contributed by atoms with Crippen LogP contribution < -0.4 is 10.7 Å². The molecule has 5 heteroatoms. The molecule has 0 aliphatic carbocycles. The largest absolute Gasteiger partial charge is 0.329 e. The number of anilines is 2. The lowest BCUT2D eigenvalue weighted by atomic mass is 9.99. The predicted molar refractivity (Wildman–Crippen MR) is 87.7 cm³/mol. The van der Waals surface area contributed by atoms with E-state index in [-0.39, 0.29) is 5.82 Å². The summed E-state index contributed by atoms with van der Waals surface area (Å²) in [6.45, 7) is 4.00. The number of carbonyl (C=O) groups is 1. The third-order valence-electron chi connectivity index (χ3n) is 3.18. The number of hydrazone groups is 1. The lowest BCUT2D eigenvalue weighted by Crippen LogP contribution is -2.15. The summed E-state index contributed by atoms with van der Waals surface area (Å²) < 4.78 is 12.9. The lowest BCUT2D eigenvalue weighted by Gasteiger charge is -2.18. The van der Waals surface area contributed by atoms with Gasteiger partial charge in [-0.25, -0.2) is 4.39 Å². The van der Waals surface area contributed by atoms with Gasteiger partial charge in [-0.15, -0.1) is 0 Å². The fourth-order valence-electron chi connectivity index (χ4n) is 2.16. The van der Waals surface area contributed by atoms with E-state index in [0.717, 1.165) is 28.2 Å². The Morgan fingerprint density at radius 1 is 1.18 bits per heavy atom. The summed E-state index contributed by atoms with van der Waals surface area (Å²) in [5.41, 5.74) is 7.36. The zero-order chi connectivity index (χ0) is 15.9. The molecular weight excluding hydrogens is 281 g/mol. The Bertz CT molecular complexity index is 681. The number of carbonyl (C=O) groups excluding carboxylic acids is 1. The van der Waals surface area contributed by atoms with Crippen molar-refractivity contribution in [2.24, 2.45) is 5.10 Å². The zero-order valence-electron chi connectivity index (χ0n) is 12.6. The lowest BCUT2D eigenvalue weighted by molar-refractivity contribution is -0.105. The van der Waals surface area contributed by atoms with Gasteiger partial charge >= 0.3 is 0 Å². The van der Waals surface area contributed by atoms with Gasteiger partial charge in [-0.05, 0) is 41.5 Å². The van der Waals surface area contributed by atoms with Crippen LogP contribution in [0.3, 0.4) is 0 Å². The van der Waals surface area contributed by atoms with Crippen molar-refractivity contribution in [2.75, 3.05) is 10.7 Å². The van der Waals surface area contributed by atoms with Crippen molar-refractivity contribution < 1.29 is 9.18 Å². The molecule has 0 saturated carbocycles. The maximum atomic E-state index is 12.9. The first kappa shape index (κ1) is 15.7. The highest BCUT2D eigenvalue weighted by molar-refractivity contribution is 6.04. The molecule has 0 saturated heterocycles. The summed E-state index contributed by atoms with van der Waals surface area (Å²) in [6.07, 6.45) is 1.27. The third-order valence-corrected chi connectivity index (χ3v) is 3.18. The van der Waals surface area contributed by atoms with E-state index in [1.54, 1.807) is 18.2 Å². The van der Waals surface area contributed by atoms with Crippen molar-refractivity contribution >= 4 is 23.5 Å². The van der Waals surface area contributed by atoms with Crippen LogP contribution in [0.5, 0.6) is 0 Å². The molecule has 1 heterocycles. The number of amides is 1. The van der Waals surface area contributed by atoms with Crippen LogP contribution in [-0.2, 0) is 11.2 Å². The molecule has 0 fully saturated rings. The summed E-state index contributed by atoms with van der Waals surface area (Å²) in [5, 5.41) is 6.92. The zero-order valence-corrected chi connectivity index (χ0v) is 12.6. The molecule has 0 atom stereocenters. The Morgan fingerprint density at radius 2 is 1.91 bits per heavy atom. The number of hydrogen-bond acceptors (Lipinski definition) is 3. The van der Waals surface area contributed by atoms with Gasteiger partial charge in [-0.1, -0.05) is 26.0 Å². The first-order valence-corrected chi connectivity index (χ1v) is 7.18. The highest BCUT2D eigenvalue weighted by Gasteiger charge is 2.14. The molecule has 22 heavy (non-hydrogen) atoms. The molecule has 0 unspecified atom stereocenters. The van der Waals surface area contributed by atoms with E-state index in [4.69, 9.17) is 0 Å². The summed E-state index contributed by atoms with van der Waals surface area (Å²) in [7, 11) is 0. The van der Waals surface area contributed by atoms with E-state index in [9.17, 15) is 9.18 Å². The predicted octanol–water partition coefficient (Wildman–Crippen LogP) is 3.79. The van der Waals surface area contributed by atoms with E-state index in [1.165, 1.54) is 12.1 Å². The molecule has 2 aromatic carbocycles. The second-order valence-electron chi connectivity index (χ2n) is 4.49. The minimum absolute atomic E-state index is 0.268. The molecule has 1 aliphatic heterocycles. The van der Waals surface area contributed by atoms with Gasteiger partial charge < -0.3 is 5.32 Å². The van der Waals surface area contributed by atoms with E-state index in [2.05, 4.69) is 15.8 Å². The Labute approximate surface area is 129 Å². The van der Waals surface area contributed by atoms with E-state index < -0.39 is 0 Å². The molecule has 2 N–H and O–H groups in total. The fraction of sp³-hybridized carbons (Fsp3) is 0.176. The van der Waals surface area contributed by atoms with Gasteiger partial charge in [-0.3, -0.25) is 10.2 Å². The molecule has 3 rings (SSSR count). The molecular formula is C17H18FN3O. The third kappa shape index (κ3) is 3.49. The second-order valence-corrected chi connectivity index (χ2v) is 4.49. The minimum atomic E-state index is -0.268. The Kier molecular flexibility index (Phi) is 5.25. The average molecular weight is 299 g/mol. The molecule has 114 valence electrons. The quantitative estimate of drug-likeness (QED) is 0.847. The molecule has 1 aliphatic rings. The molecule has 2 aromatic rings. The summed E-state index contributed by atoms with van der Waals surface area (Å²) in [5.74, 6) is -0.268. The van der Waals surface area contributed by atoms with Crippen LogP contribution in [0.2, 0.25) is 0 Å². The van der Waals surface area contributed by atoms with Crippen LogP contribution in [0.15, 0.2) is 47.6 Å². The molecule has 1 amide bonds. The first-order valence-electron chi connectivity index (χ1n) is 7.18. The Morgan fingerprint density at radius 3 is 2.59 bits per heavy atom.